The van der Waals surface area contributed by atoms with Crippen LogP contribution in [0.25, 0.3) is 11.1 Å². The minimum Gasteiger partial charge on any atom is -0.504 e. The molecule has 0 saturated heterocycles. The number of phenolic OH excluding ortho intramolecular Hbond substituents is 2. The molecule has 0 aromatic heterocycles. The number of fused-ring (bicyclic) bond motifs is 3. The van der Waals surface area contributed by atoms with Crippen LogP contribution in [0.5, 0.6) is 28.7 Å². The van der Waals surface area contributed by atoms with E-state index in [4.69, 9.17) is 14.2 Å². The Morgan fingerprint density at radius 1 is 0.792 bits per heavy atom. The second kappa shape index (κ2) is 5.77. The van der Waals surface area contributed by atoms with Gasteiger partial charge in [0, 0.05) is 11.1 Å². The van der Waals surface area contributed by atoms with E-state index in [9.17, 15) is 20.4 Å². The largest absolute Gasteiger partial charge is 0.504 e. The molecule has 0 saturated carbocycles. The Hall–Kier alpha value is -2.64. The summed E-state index contributed by atoms with van der Waals surface area (Å²) in [5, 5.41) is 41.1. The molecule has 0 amide bonds. The third-order valence-electron chi connectivity index (χ3n) is 4.24. The molecule has 2 aromatic rings. The zero-order valence-corrected chi connectivity index (χ0v) is 13.4. The summed E-state index contributed by atoms with van der Waals surface area (Å²) in [7, 11) is 4.28. The van der Waals surface area contributed by atoms with Crippen molar-refractivity contribution >= 4 is 0 Å². The number of aromatic hydroxyl groups is 2. The molecule has 0 radical (unpaired) electrons. The summed E-state index contributed by atoms with van der Waals surface area (Å²) in [5.74, 6) is 0.0452. The molecular weight excluding hydrogens is 316 g/mol. The molecular formula is C17H18O7. The normalized spacial score (nSPS) is 18.5. The van der Waals surface area contributed by atoms with Crippen LogP contribution < -0.4 is 14.2 Å². The Kier molecular flexibility index (Phi) is 3.90. The van der Waals surface area contributed by atoms with Crippen LogP contribution in [0.2, 0.25) is 0 Å². The van der Waals surface area contributed by atoms with Gasteiger partial charge in [0.15, 0.2) is 23.0 Å². The van der Waals surface area contributed by atoms with Gasteiger partial charge in [-0.2, -0.15) is 0 Å². The van der Waals surface area contributed by atoms with Gasteiger partial charge in [-0.3, -0.25) is 0 Å². The first kappa shape index (κ1) is 16.2. The van der Waals surface area contributed by atoms with E-state index in [1.165, 1.54) is 39.5 Å². The molecule has 4 N–H and O–H groups in total. The maximum Gasteiger partial charge on any atom is 0.203 e. The average molecular weight is 334 g/mol. The van der Waals surface area contributed by atoms with E-state index in [2.05, 4.69) is 0 Å². The SMILES string of the molecule is COc1cc2c(c(OC)c1OC)-c1c(ccc(O)c1O)C(O)C2O. The van der Waals surface area contributed by atoms with Crippen molar-refractivity contribution in [3.8, 4) is 39.9 Å². The van der Waals surface area contributed by atoms with Crippen molar-refractivity contribution in [2.75, 3.05) is 21.3 Å². The number of aliphatic hydroxyl groups excluding tert-OH is 2. The van der Waals surface area contributed by atoms with Crippen LogP contribution in [-0.4, -0.2) is 41.8 Å². The summed E-state index contributed by atoms with van der Waals surface area (Å²) >= 11 is 0. The topological polar surface area (TPSA) is 109 Å². The van der Waals surface area contributed by atoms with Gasteiger partial charge in [-0.15, -0.1) is 0 Å². The fourth-order valence-electron chi connectivity index (χ4n) is 3.11. The van der Waals surface area contributed by atoms with Gasteiger partial charge in [0.05, 0.1) is 21.3 Å². The molecule has 0 aliphatic heterocycles. The van der Waals surface area contributed by atoms with E-state index in [0.29, 0.717) is 16.9 Å². The Labute approximate surface area is 138 Å². The molecule has 24 heavy (non-hydrogen) atoms. The first-order valence-corrected chi connectivity index (χ1v) is 7.20. The summed E-state index contributed by atoms with van der Waals surface area (Å²) in [4.78, 5) is 0. The molecule has 1 aliphatic carbocycles. The van der Waals surface area contributed by atoms with Crippen LogP contribution in [0.15, 0.2) is 18.2 Å². The molecule has 0 fully saturated rings. The average Bonchev–Trinajstić information content (AvgIpc) is 2.60. The van der Waals surface area contributed by atoms with Crippen molar-refractivity contribution in [1.29, 1.82) is 0 Å². The van der Waals surface area contributed by atoms with E-state index >= 15 is 0 Å². The molecule has 7 nitrogen and oxygen atoms in total. The van der Waals surface area contributed by atoms with Gasteiger partial charge in [-0.25, -0.2) is 0 Å². The molecule has 7 heteroatoms. The lowest BCUT2D eigenvalue weighted by molar-refractivity contribution is 0.0153. The lowest BCUT2D eigenvalue weighted by Gasteiger charge is -2.32. The number of ether oxygens (including phenoxy) is 3. The second-order valence-corrected chi connectivity index (χ2v) is 5.40. The van der Waals surface area contributed by atoms with Gasteiger partial charge in [0.25, 0.3) is 0 Å². The van der Waals surface area contributed by atoms with Crippen molar-refractivity contribution in [3.05, 3.63) is 29.3 Å². The summed E-state index contributed by atoms with van der Waals surface area (Å²) < 4.78 is 16.0. The number of phenols is 2. The van der Waals surface area contributed by atoms with Gasteiger partial charge >= 0.3 is 0 Å². The second-order valence-electron chi connectivity index (χ2n) is 5.40. The summed E-state index contributed by atoms with van der Waals surface area (Å²) in [6.07, 6.45) is -2.54. The molecule has 2 aromatic carbocycles. The van der Waals surface area contributed by atoms with Crippen molar-refractivity contribution in [2.24, 2.45) is 0 Å². The highest BCUT2D eigenvalue weighted by molar-refractivity contribution is 5.88. The van der Waals surface area contributed by atoms with Gasteiger partial charge in [-0.05, 0) is 23.3 Å². The van der Waals surface area contributed by atoms with Gasteiger partial charge < -0.3 is 34.6 Å². The minimum absolute atomic E-state index is 0.181. The predicted molar refractivity (Wildman–Crippen MR) is 84.8 cm³/mol. The first-order valence-electron chi connectivity index (χ1n) is 7.20. The molecule has 0 spiro atoms. The Balaban J connectivity index is 2.47. The summed E-state index contributed by atoms with van der Waals surface area (Å²) in [6.45, 7) is 0. The van der Waals surface area contributed by atoms with Gasteiger partial charge in [0.1, 0.15) is 12.2 Å². The highest BCUT2D eigenvalue weighted by Crippen LogP contribution is 2.57. The maximum atomic E-state index is 10.5. The van der Waals surface area contributed by atoms with Gasteiger partial charge in [0.2, 0.25) is 5.75 Å². The molecule has 2 atom stereocenters. The van der Waals surface area contributed by atoms with Crippen molar-refractivity contribution in [1.82, 2.24) is 0 Å². The number of methoxy groups -OCH3 is 3. The molecule has 0 heterocycles. The molecule has 1 aliphatic rings. The van der Waals surface area contributed by atoms with Crippen molar-refractivity contribution < 1.29 is 34.6 Å². The van der Waals surface area contributed by atoms with Gasteiger partial charge in [-0.1, -0.05) is 6.07 Å². The Morgan fingerprint density at radius 2 is 1.42 bits per heavy atom. The lowest BCUT2D eigenvalue weighted by Crippen LogP contribution is -2.18. The first-order chi connectivity index (χ1) is 11.5. The van der Waals surface area contributed by atoms with Crippen molar-refractivity contribution in [3.63, 3.8) is 0 Å². The van der Waals surface area contributed by atoms with Crippen LogP contribution in [0.1, 0.15) is 23.3 Å². The summed E-state index contributed by atoms with van der Waals surface area (Å²) in [5.41, 5.74) is 1.08. The number of rotatable bonds is 3. The molecule has 0 bridgehead atoms. The van der Waals surface area contributed by atoms with E-state index in [1.807, 2.05) is 0 Å². The fourth-order valence-corrected chi connectivity index (χ4v) is 3.11. The monoisotopic (exact) mass is 334 g/mol. The molecule has 3 rings (SSSR count). The highest BCUT2D eigenvalue weighted by Gasteiger charge is 2.38. The lowest BCUT2D eigenvalue weighted by atomic mass is 9.80. The Bertz CT molecular complexity index is 800. The number of hydrogen-bond acceptors (Lipinski definition) is 7. The maximum absolute atomic E-state index is 10.5. The predicted octanol–water partition coefficient (Wildman–Crippen LogP) is 1.87. The third kappa shape index (κ3) is 2.05. The molecule has 128 valence electrons. The van der Waals surface area contributed by atoms with Crippen LogP contribution >= 0.6 is 0 Å². The Morgan fingerprint density at radius 3 is 2.00 bits per heavy atom. The third-order valence-corrected chi connectivity index (χ3v) is 4.24. The number of benzene rings is 2. The number of hydrogen-bond donors (Lipinski definition) is 4. The van der Waals surface area contributed by atoms with E-state index < -0.39 is 18.0 Å². The van der Waals surface area contributed by atoms with Crippen LogP contribution in [0.4, 0.5) is 0 Å². The smallest absolute Gasteiger partial charge is 0.203 e. The zero-order valence-electron chi connectivity index (χ0n) is 13.4. The standard InChI is InChI=1S/C17H18O7/c1-22-10-6-8-12(17(24-3)16(10)23-2)11-7(13(19)14(8)20)4-5-9(18)15(11)21/h4-6,13-14,18-21H,1-3H3. The highest BCUT2D eigenvalue weighted by atomic mass is 16.5. The fraction of sp³-hybridized carbons (Fsp3) is 0.294. The van der Waals surface area contributed by atoms with Crippen LogP contribution in [-0.2, 0) is 0 Å². The van der Waals surface area contributed by atoms with E-state index in [0.717, 1.165) is 0 Å². The summed E-state index contributed by atoms with van der Waals surface area (Å²) in [6, 6.07) is 4.21. The number of aliphatic hydroxyl groups is 2. The van der Waals surface area contributed by atoms with Crippen LogP contribution in [0, 0.1) is 0 Å². The van der Waals surface area contributed by atoms with E-state index in [-0.39, 0.29) is 28.4 Å². The van der Waals surface area contributed by atoms with E-state index in [1.54, 1.807) is 0 Å². The van der Waals surface area contributed by atoms with Crippen molar-refractivity contribution in [2.45, 2.75) is 12.2 Å². The minimum atomic E-state index is -1.28. The zero-order chi connectivity index (χ0) is 17.6. The van der Waals surface area contributed by atoms with Crippen LogP contribution in [0.3, 0.4) is 0 Å². The molecule has 2 unspecified atom stereocenters. The quantitative estimate of drug-likeness (QED) is 0.635.